The molecule has 2 aromatic rings. The van der Waals surface area contributed by atoms with Crippen LogP contribution in [0.15, 0.2) is 42.5 Å². The maximum absolute atomic E-state index is 11.8. The number of nitrogens with one attached hydrogen (secondary N) is 1. The fourth-order valence-corrected chi connectivity index (χ4v) is 4.40. The van der Waals surface area contributed by atoms with E-state index in [1.165, 1.54) is 6.07 Å². The fourth-order valence-electron chi connectivity index (χ4n) is 4.40. The van der Waals surface area contributed by atoms with Gasteiger partial charge in [-0.05, 0) is 60.9 Å². The normalized spacial score (nSPS) is 13.7. The number of aliphatic hydroxyl groups is 2. The van der Waals surface area contributed by atoms with Crippen molar-refractivity contribution in [3.63, 3.8) is 0 Å². The molecule has 182 valence electrons. The van der Waals surface area contributed by atoms with Gasteiger partial charge in [-0.15, -0.1) is 0 Å². The van der Waals surface area contributed by atoms with E-state index in [1.54, 1.807) is 12.1 Å². The Labute approximate surface area is 197 Å². The number of β-amino-alcohol motifs (C(OH)–C–C–N with tert-alkyl or cyclic N) is 1. The topological polar surface area (TPSA) is 116 Å². The summed E-state index contributed by atoms with van der Waals surface area (Å²) in [4.78, 5) is 11.8. The Morgan fingerprint density at radius 2 is 1.73 bits per heavy atom. The van der Waals surface area contributed by atoms with Crippen molar-refractivity contribution in [1.29, 1.82) is 0 Å². The third-order valence-electron chi connectivity index (χ3n) is 6.34. The number of rotatable bonds is 11. The summed E-state index contributed by atoms with van der Waals surface area (Å²) in [6.45, 7) is 12.3. The number of primary amides is 1. The lowest BCUT2D eigenvalue weighted by Crippen LogP contribution is -2.43. The highest BCUT2D eigenvalue weighted by atomic mass is 16.3. The summed E-state index contributed by atoms with van der Waals surface area (Å²) in [5, 5.41) is 33.1. The molecule has 0 aliphatic carbocycles. The summed E-state index contributed by atoms with van der Waals surface area (Å²) in [6.07, 6.45) is 0.631. The van der Waals surface area contributed by atoms with Gasteiger partial charge in [0.15, 0.2) is 0 Å². The summed E-state index contributed by atoms with van der Waals surface area (Å²) in [7, 11) is 0. The van der Waals surface area contributed by atoms with Crippen molar-refractivity contribution in [3.05, 3.63) is 64.7 Å². The molecule has 0 unspecified atom stereocenters. The summed E-state index contributed by atoms with van der Waals surface area (Å²) in [6, 6.07) is 13.2. The molecule has 1 atom stereocenters. The SMILES string of the molecule is CC(C)(Cc1cccc(C(C)(C)CC(C)(C)C(N)=O)c1)NC[C@H](O)c1ccc(O)c(CO)c1. The van der Waals surface area contributed by atoms with Crippen LogP contribution in [0, 0.1) is 5.41 Å². The maximum Gasteiger partial charge on any atom is 0.223 e. The first-order valence-corrected chi connectivity index (χ1v) is 11.4. The number of carbonyl (C=O) groups is 1. The lowest BCUT2D eigenvalue weighted by Gasteiger charge is -2.34. The molecule has 33 heavy (non-hydrogen) atoms. The van der Waals surface area contributed by atoms with Crippen molar-refractivity contribution < 1.29 is 20.1 Å². The van der Waals surface area contributed by atoms with Crippen molar-refractivity contribution in [2.24, 2.45) is 11.1 Å². The highest BCUT2D eigenvalue weighted by Gasteiger charge is 2.34. The van der Waals surface area contributed by atoms with E-state index in [0.29, 0.717) is 24.1 Å². The zero-order valence-corrected chi connectivity index (χ0v) is 20.8. The van der Waals surface area contributed by atoms with E-state index in [-0.39, 0.29) is 29.2 Å². The summed E-state index contributed by atoms with van der Waals surface area (Å²) >= 11 is 0. The standard InChI is InChI=1S/C27H40N2O4/c1-25(2,17-26(3,4)24(28)33)21-9-7-8-18(12-21)14-27(5,6)29-15-23(32)19-10-11-22(31)20(13-19)16-30/h7-13,23,29-32H,14-17H2,1-6H3,(H2,28,33)/t23-/m0/s1. The van der Waals surface area contributed by atoms with Crippen LogP contribution in [0.25, 0.3) is 0 Å². The third kappa shape index (κ3) is 7.29. The number of phenols is 1. The number of benzene rings is 2. The van der Waals surface area contributed by atoms with E-state index < -0.39 is 11.5 Å². The first-order chi connectivity index (χ1) is 15.2. The fraction of sp³-hybridized carbons (Fsp3) is 0.519. The number of aromatic hydroxyl groups is 1. The zero-order chi connectivity index (χ0) is 25.0. The molecule has 0 bridgehead atoms. The molecule has 0 aromatic heterocycles. The van der Waals surface area contributed by atoms with Gasteiger partial charge in [-0.2, -0.15) is 0 Å². The van der Waals surface area contributed by atoms with Crippen molar-refractivity contribution in [2.75, 3.05) is 6.54 Å². The molecule has 1 amide bonds. The third-order valence-corrected chi connectivity index (χ3v) is 6.34. The average molecular weight is 457 g/mol. The van der Waals surface area contributed by atoms with E-state index in [1.807, 2.05) is 19.9 Å². The molecular weight excluding hydrogens is 416 g/mol. The van der Waals surface area contributed by atoms with E-state index in [9.17, 15) is 20.1 Å². The van der Waals surface area contributed by atoms with Crippen molar-refractivity contribution in [3.8, 4) is 5.75 Å². The Bertz CT molecular complexity index is 966. The Kier molecular flexibility index (Phi) is 8.33. The quantitative estimate of drug-likeness (QED) is 0.353. The summed E-state index contributed by atoms with van der Waals surface area (Å²) in [5.74, 6) is -0.279. The molecule has 2 rings (SSSR count). The second-order valence-electron chi connectivity index (χ2n) is 11.0. The van der Waals surface area contributed by atoms with Crippen molar-refractivity contribution >= 4 is 5.91 Å². The van der Waals surface area contributed by atoms with Crippen LogP contribution in [0.4, 0.5) is 0 Å². The number of hydrogen-bond acceptors (Lipinski definition) is 5. The molecule has 0 fully saturated rings. The van der Waals surface area contributed by atoms with Crippen molar-refractivity contribution in [1.82, 2.24) is 5.32 Å². The predicted octanol–water partition coefficient (Wildman–Crippen LogP) is 3.71. The smallest absolute Gasteiger partial charge is 0.223 e. The lowest BCUT2D eigenvalue weighted by molar-refractivity contribution is -0.127. The van der Waals surface area contributed by atoms with Gasteiger partial charge in [0.05, 0.1) is 12.7 Å². The molecule has 0 spiro atoms. The van der Waals surface area contributed by atoms with Gasteiger partial charge < -0.3 is 26.4 Å². The van der Waals surface area contributed by atoms with Crippen LogP contribution in [0.2, 0.25) is 0 Å². The molecule has 0 aliphatic heterocycles. The van der Waals surface area contributed by atoms with Gasteiger partial charge in [0.1, 0.15) is 5.75 Å². The van der Waals surface area contributed by atoms with Crippen molar-refractivity contribution in [2.45, 2.75) is 78.0 Å². The molecule has 2 aromatic carbocycles. The molecule has 6 nitrogen and oxygen atoms in total. The van der Waals surface area contributed by atoms with Gasteiger partial charge in [0.25, 0.3) is 0 Å². The molecule has 6 N–H and O–H groups in total. The van der Waals surface area contributed by atoms with Crippen LogP contribution < -0.4 is 11.1 Å². The highest BCUT2D eigenvalue weighted by Crippen LogP contribution is 2.37. The number of amides is 1. The minimum atomic E-state index is -0.767. The van der Waals surface area contributed by atoms with Gasteiger partial charge in [-0.1, -0.05) is 58.0 Å². The number of carbonyl (C=O) groups excluding carboxylic acids is 1. The highest BCUT2D eigenvalue weighted by molar-refractivity contribution is 5.80. The number of aliphatic hydroxyl groups excluding tert-OH is 2. The minimum Gasteiger partial charge on any atom is -0.508 e. The predicted molar refractivity (Wildman–Crippen MR) is 132 cm³/mol. The van der Waals surface area contributed by atoms with Gasteiger partial charge in [0, 0.05) is 23.1 Å². The maximum atomic E-state index is 11.8. The van der Waals surface area contributed by atoms with Gasteiger partial charge >= 0.3 is 0 Å². The molecule has 0 heterocycles. The number of nitrogens with two attached hydrogens (primary N) is 1. The molecule has 0 radical (unpaired) electrons. The molecular formula is C27H40N2O4. The minimum absolute atomic E-state index is 0.0174. The van der Waals surface area contributed by atoms with E-state index >= 15 is 0 Å². The monoisotopic (exact) mass is 456 g/mol. The van der Waals surface area contributed by atoms with Gasteiger partial charge in [0.2, 0.25) is 5.91 Å². The van der Waals surface area contributed by atoms with Crippen LogP contribution in [0.1, 0.15) is 76.3 Å². The van der Waals surface area contributed by atoms with E-state index in [2.05, 4.69) is 51.2 Å². The Hall–Kier alpha value is -2.41. The van der Waals surface area contributed by atoms with Crippen LogP contribution in [-0.2, 0) is 23.2 Å². The summed E-state index contributed by atoms with van der Waals surface area (Å²) < 4.78 is 0. The number of hydrogen-bond donors (Lipinski definition) is 5. The van der Waals surface area contributed by atoms with Crippen LogP contribution >= 0.6 is 0 Å². The Morgan fingerprint density at radius 1 is 1.06 bits per heavy atom. The second kappa shape index (κ2) is 10.2. The van der Waals surface area contributed by atoms with Gasteiger partial charge in [-0.25, -0.2) is 0 Å². The molecule has 0 saturated carbocycles. The van der Waals surface area contributed by atoms with Gasteiger partial charge in [-0.3, -0.25) is 4.79 Å². The van der Waals surface area contributed by atoms with E-state index in [4.69, 9.17) is 5.73 Å². The molecule has 0 aliphatic rings. The first kappa shape index (κ1) is 26.8. The Morgan fingerprint density at radius 3 is 2.33 bits per heavy atom. The largest absolute Gasteiger partial charge is 0.508 e. The zero-order valence-electron chi connectivity index (χ0n) is 20.8. The Balaban J connectivity index is 2.08. The summed E-state index contributed by atoms with van der Waals surface area (Å²) in [5.41, 5.74) is 7.86. The van der Waals surface area contributed by atoms with Crippen LogP contribution in [0.5, 0.6) is 5.75 Å². The molecule has 6 heteroatoms. The van der Waals surface area contributed by atoms with E-state index in [0.717, 1.165) is 17.5 Å². The van der Waals surface area contributed by atoms with Crippen LogP contribution in [-0.4, -0.2) is 33.3 Å². The molecule has 0 saturated heterocycles. The van der Waals surface area contributed by atoms with Crippen LogP contribution in [0.3, 0.4) is 0 Å². The first-order valence-electron chi connectivity index (χ1n) is 11.4. The lowest BCUT2D eigenvalue weighted by atomic mass is 9.70. The second-order valence-corrected chi connectivity index (χ2v) is 11.0. The average Bonchev–Trinajstić information content (AvgIpc) is 2.71.